The third-order valence-corrected chi connectivity index (χ3v) is 3.64. The van der Waals surface area contributed by atoms with Crippen LogP contribution in [-0.4, -0.2) is 21.0 Å². The van der Waals surface area contributed by atoms with E-state index in [9.17, 15) is 4.79 Å². The highest BCUT2D eigenvalue weighted by Crippen LogP contribution is 2.31. The normalized spacial score (nSPS) is 10.2. The van der Waals surface area contributed by atoms with E-state index in [0.717, 1.165) is 4.34 Å². The van der Waals surface area contributed by atoms with Crippen molar-refractivity contribution in [3.8, 4) is 0 Å². The summed E-state index contributed by atoms with van der Waals surface area (Å²) in [6.07, 6.45) is 2.98. The van der Waals surface area contributed by atoms with Crippen molar-refractivity contribution in [1.29, 1.82) is 0 Å². The lowest BCUT2D eigenvalue weighted by Crippen LogP contribution is -2.00. The number of nitrogens with zero attached hydrogens (tertiary/aromatic N) is 2. The lowest BCUT2D eigenvalue weighted by atomic mass is 10.3. The number of carboxylic acid groups (broad SMARTS) is 1. The van der Waals surface area contributed by atoms with Crippen LogP contribution in [0.1, 0.15) is 10.4 Å². The van der Waals surface area contributed by atoms with Gasteiger partial charge in [0.15, 0.2) is 4.34 Å². The highest BCUT2D eigenvalue weighted by atomic mass is 32.2. The number of rotatable bonds is 3. The van der Waals surface area contributed by atoms with Crippen LogP contribution in [0.25, 0.3) is 0 Å². The first-order valence-electron chi connectivity index (χ1n) is 4.23. The van der Waals surface area contributed by atoms with Crippen LogP contribution in [-0.2, 0) is 0 Å². The number of nitrogen functional groups attached to an aromatic ring is 1. The summed E-state index contributed by atoms with van der Waals surface area (Å²) in [4.78, 5) is 18.7. The van der Waals surface area contributed by atoms with Gasteiger partial charge in [-0.1, -0.05) is 0 Å². The molecule has 2 aromatic rings. The van der Waals surface area contributed by atoms with E-state index >= 15 is 0 Å². The van der Waals surface area contributed by atoms with E-state index in [0.29, 0.717) is 10.7 Å². The summed E-state index contributed by atoms with van der Waals surface area (Å²) in [6.45, 7) is 0. The summed E-state index contributed by atoms with van der Waals surface area (Å²) >= 11 is 2.80. The van der Waals surface area contributed by atoms with E-state index in [-0.39, 0.29) is 5.56 Å². The molecular weight excluding hydrogens is 246 g/mol. The highest BCUT2D eigenvalue weighted by Gasteiger charge is 2.09. The Balaban J connectivity index is 2.26. The zero-order valence-corrected chi connectivity index (χ0v) is 9.59. The van der Waals surface area contributed by atoms with Crippen LogP contribution in [0, 0.1) is 0 Å². The molecule has 0 unspecified atom stereocenters. The first-order valence-corrected chi connectivity index (χ1v) is 5.92. The van der Waals surface area contributed by atoms with Crippen molar-refractivity contribution in [2.45, 2.75) is 9.37 Å². The molecule has 0 aliphatic rings. The summed E-state index contributed by atoms with van der Waals surface area (Å²) in [5.41, 5.74) is 6.14. The van der Waals surface area contributed by atoms with Crippen LogP contribution >= 0.6 is 23.1 Å². The van der Waals surface area contributed by atoms with Gasteiger partial charge < -0.3 is 10.8 Å². The minimum absolute atomic E-state index is 0.0842. The maximum absolute atomic E-state index is 10.7. The number of hydrogen-bond acceptors (Lipinski definition) is 6. The van der Waals surface area contributed by atoms with E-state index in [1.54, 1.807) is 6.20 Å². The number of nitrogens with two attached hydrogens (primary N) is 1. The Morgan fingerprint density at radius 1 is 1.50 bits per heavy atom. The first kappa shape index (κ1) is 10.9. The van der Waals surface area contributed by atoms with E-state index in [1.807, 2.05) is 5.38 Å². The van der Waals surface area contributed by atoms with Crippen LogP contribution < -0.4 is 5.73 Å². The summed E-state index contributed by atoms with van der Waals surface area (Å²) in [7, 11) is 0. The molecule has 2 rings (SSSR count). The predicted molar refractivity (Wildman–Crippen MR) is 61.8 cm³/mol. The van der Waals surface area contributed by atoms with Crippen LogP contribution in [0.4, 0.5) is 5.69 Å². The summed E-state index contributed by atoms with van der Waals surface area (Å²) < 4.78 is 0.822. The van der Waals surface area contributed by atoms with Gasteiger partial charge in [-0.05, 0) is 17.8 Å². The molecule has 0 bridgehead atoms. The number of carbonyl (C=O) groups is 1. The van der Waals surface area contributed by atoms with Gasteiger partial charge in [0.25, 0.3) is 0 Å². The van der Waals surface area contributed by atoms with Crippen molar-refractivity contribution < 1.29 is 9.90 Å². The molecule has 2 heterocycles. The quantitative estimate of drug-likeness (QED) is 0.869. The van der Waals surface area contributed by atoms with Gasteiger partial charge in [0, 0.05) is 17.8 Å². The average Bonchev–Trinajstić information content (AvgIpc) is 2.73. The van der Waals surface area contributed by atoms with Crippen LogP contribution in [0.2, 0.25) is 0 Å². The van der Waals surface area contributed by atoms with Crippen LogP contribution in [0.15, 0.2) is 33.2 Å². The van der Waals surface area contributed by atoms with Crippen molar-refractivity contribution in [3.05, 3.63) is 29.4 Å². The largest absolute Gasteiger partial charge is 0.478 e. The summed E-state index contributed by atoms with van der Waals surface area (Å²) in [5, 5.41) is 11.2. The minimum Gasteiger partial charge on any atom is -0.478 e. The predicted octanol–water partition coefficient (Wildman–Crippen LogP) is 1.97. The zero-order chi connectivity index (χ0) is 11.5. The topological polar surface area (TPSA) is 89.1 Å². The van der Waals surface area contributed by atoms with E-state index < -0.39 is 5.97 Å². The number of hydrogen-bond donors (Lipinski definition) is 2. The van der Waals surface area contributed by atoms with Gasteiger partial charge in [-0.3, -0.25) is 0 Å². The molecule has 16 heavy (non-hydrogen) atoms. The third-order valence-electron chi connectivity index (χ3n) is 1.72. The molecule has 0 aliphatic heterocycles. The van der Waals surface area contributed by atoms with Gasteiger partial charge >= 0.3 is 5.97 Å². The Morgan fingerprint density at radius 2 is 2.31 bits per heavy atom. The van der Waals surface area contributed by atoms with Crippen molar-refractivity contribution in [3.63, 3.8) is 0 Å². The Morgan fingerprint density at radius 3 is 2.88 bits per heavy atom. The molecule has 0 amide bonds. The average molecular weight is 253 g/mol. The minimum atomic E-state index is -1.04. The smallest absolute Gasteiger partial charge is 0.337 e. The van der Waals surface area contributed by atoms with Crippen LogP contribution in [0.3, 0.4) is 0 Å². The summed E-state index contributed by atoms with van der Waals surface area (Å²) in [5.74, 6) is -1.04. The van der Waals surface area contributed by atoms with Gasteiger partial charge in [0.2, 0.25) is 0 Å². The third kappa shape index (κ3) is 2.31. The monoisotopic (exact) mass is 253 g/mol. The lowest BCUT2D eigenvalue weighted by molar-refractivity contribution is 0.0696. The number of pyridine rings is 1. The van der Waals surface area contributed by atoms with Crippen molar-refractivity contribution >= 4 is 34.8 Å². The zero-order valence-electron chi connectivity index (χ0n) is 7.95. The molecule has 3 N–H and O–H groups in total. The maximum Gasteiger partial charge on any atom is 0.337 e. The lowest BCUT2D eigenvalue weighted by Gasteiger charge is -2.02. The molecule has 0 fully saturated rings. The molecule has 82 valence electrons. The Hall–Kier alpha value is -1.60. The fourth-order valence-electron chi connectivity index (χ4n) is 1.01. The number of anilines is 1. The maximum atomic E-state index is 10.7. The van der Waals surface area contributed by atoms with Crippen LogP contribution in [0.5, 0.6) is 0 Å². The van der Waals surface area contributed by atoms with Gasteiger partial charge in [0.05, 0.1) is 11.3 Å². The highest BCUT2D eigenvalue weighted by molar-refractivity contribution is 8.01. The van der Waals surface area contributed by atoms with Gasteiger partial charge in [-0.15, -0.1) is 11.3 Å². The van der Waals surface area contributed by atoms with E-state index in [1.165, 1.54) is 35.4 Å². The Kier molecular flexibility index (Phi) is 3.07. The number of thiazole rings is 1. The second-order valence-electron chi connectivity index (χ2n) is 2.82. The number of aromatic nitrogens is 2. The van der Waals surface area contributed by atoms with Crippen molar-refractivity contribution in [2.75, 3.05) is 5.73 Å². The Labute approximate surface area is 99.4 Å². The standard InChI is InChI=1S/C9H7N3O2S2/c10-6-3-5(8(13)14)4-12-7(6)16-9-11-1-2-15-9/h1-4H,10H2,(H,13,14). The molecule has 2 aromatic heterocycles. The SMILES string of the molecule is Nc1cc(C(=O)O)cnc1Sc1nccs1. The number of carboxylic acids is 1. The van der Waals surface area contributed by atoms with Gasteiger partial charge in [-0.2, -0.15) is 0 Å². The molecule has 5 nitrogen and oxygen atoms in total. The molecule has 0 saturated heterocycles. The fourth-order valence-corrected chi connectivity index (χ4v) is 2.53. The van der Waals surface area contributed by atoms with E-state index in [4.69, 9.17) is 10.8 Å². The summed E-state index contributed by atoms with van der Waals surface area (Å²) in [6, 6.07) is 1.39. The fraction of sp³-hybridized carbons (Fsp3) is 0. The van der Waals surface area contributed by atoms with Gasteiger partial charge in [0.1, 0.15) is 5.03 Å². The first-order chi connectivity index (χ1) is 7.66. The second-order valence-corrected chi connectivity index (χ2v) is 4.95. The van der Waals surface area contributed by atoms with Crippen molar-refractivity contribution in [1.82, 2.24) is 9.97 Å². The molecule has 0 spiro atoms. The Bertz CT molecular complexity index is 513. The van der Waals surface area contributed by atoms with E-state index in [2.05, 4.69) is 9.97 Å². The van der Waals surface area contributed by atoms with Crippen molar-refractivity contribution in [2.24, 2.45) is 0 Å². The molecule has 0 aliphatic carbocycles. The molecule has 0 aromatic carbocycles. The molecule has 0 saturated carbocycles. The molecule has 0 radical (unpaired) electrons. The molecule has 0 atom stereocenters. The second kappa shape index (κ2) is 4.50. The van der Waals surface area contributed by atoms with Gasteiger partial charge in [-0.25, -0.2) is 14.8 Å². The molecule has 7 heteroatoms. The number of aromatic carboxylic acids is 1. The molecular formula is C9H7N3O2S2.